The van der Waals surface area contributed by atoms with Crippen LogP contribution in [0.15, 0.2) is 48.5 Å². The largest absolute Gasteiger partial charge is 0.497 e. The number of rotatable bonds is 7. The maximum absolute atomic E-state index is 13.4. The molecule has 1 fully saturated rings. The molecular formula is C23H27FN2O3. The number of unbranched alkanes of at least 4 members (excludes halogenated alkanes) is 1. The number of likely N-dealkylation sites (tertiary alicyclic amines) is 1. The maximum Gasteiger partial charge on any atom is 0.253 e. The third-order valence-corrected chi connectivity index (χ3v) is 5.41. The predicted molar refractivity (Wildman–Crippen MR) is 109 cm³/mol. The molecule has 0 aromatic heterocycles. The summed E-state index contributed by atoms with van der Waals surface area (Å²) in [7, 11) is 1.58. The Morgan fingerprint density at radius 1 is 1.10 bits per heavy atom. The van der Waals surface area contributed by atoms with Crippen molar-refractivity contribution >= 4 is 11.8 Å². The molecule has 2 aromatic carbocycles. The van der Waals surface area contributed by atoms with E-state index in [-0.39, 0.29) is 29.5 Å². The van der Waals surface area contributed by atoms with Crippen molar-refractivity contribution in [2.45, 2.75) is 25.7 Å². The molecule has 1 saturated heterocycles. The number of nitrogens with one attached hydrogen (secondary N) is 1. The van der Waals surface area contributed by atoms with Gasteiger partial charge in [-0.05, 0) is 48.4 Å². The monoisotopic (exact) mass is 398 g/mol. The Morgan fingerprint density at radius 3 is 2.41 bits per heavy atom. The van der Waals surface area contributed by atoms with Crippen molar-refractivity contribution in [3.8, 4) is 5.75 Å². The Bertz CT molecular complexity index is 836. The van der Waals surface area contributed by atoms with E-state index in [0.717, 1.165) is 18.4 Å². The molecule has 2 atom stereocenters. The Morgan fingerprint density at radius 2 is 1.79 bits per heavy atom. The number of hydrogen-bond acceptors (Lipinski definition) is 3. The topological polar surface area (TPSA) is 58.6 Å². The normalized spacial score (nSPS) is 18.5. The van der Waals surface area contributed by atoms with E-state index in [4.69, 9.17) is 4.74 Å². The van der Waals surface area contributed by atoms with Crippen LogP contribution in [-0.4, -0.2) is 43.5 Å². The van der Waals surface area contributed by atoms with Crippen molar-refractivity contribution in [1.29, 1.82) is 0 Å². The quantitative estimate of drug-likeness (QED) is 0.725. The molecule has 0 bridgehead atoms. The first kappa shape index (κ1) is 20.8. The van der Waals surface area contributed by atoms with Gasteiger partial charge in [-0.3, -0.25) is 9.59 Å². The summed E-state index contributed by atoms with van der Waals surface area (Å²) in [6, 6.07) is 13.1. The van der Waals surface area contributed by atoms with Gasteiger partial charge >= 0.3 is 0 Å². The second kappa shape index (κ2) is 9.54. The SMILES string of the molecule is CCCCNC(=O)[C@@H]1CN(C(=O)c2ccc(OC)cc2)C[C@@H]1c1ccc(F)cc1. The molecule has 0 saturated carbocycles. The fraction of sp³-hybridized carbons (Fsp3) is 0.391. The van der Waals surface area contributed by atoms with Crippen LogP contribution >= 0.6 is 0 Å². The first-order chi connectivity index (χ1) is 14.0. The summed E-state index contributed by atoms with van der Waals surface area (Å²) in [6.07, 6.45) is 1.91. The van der Waals surface area contributed by atoms with Gasteiger partial charge in [-0.2, -0.15) is 0 Å². The molecular weight excluding hydrogens is 371 g/mol. The molecule has 0 unspecified atom stereocenters. The van der Waals surface area contributed by atoms with E-state index in [1.54, 1.807) is 48.4 Å². The predicted octanol–water partition coefficient (Wildman–Crippen LogP) is 3.61. The smallest absolute Gasteiger partial charge is 0.253 e. The van der Waals surface area contributed by atoms with E-state index in [2.05, 4.69) is 12.2 Å². The molecule has 1 heterocycles. The summed E-state index contributed by atoms with van der Waals surface area (Å²) in [5.74, 6) is -0.345. The molecule has 0 aliphatic carbocycles. The number of carbonyl (C=O) groups excluding carboxylic acids is 2. The van der Waals surface area contributed by atoms with Crippen LogP contribution in [0.4, 0.5) is 4.39 Å². The van der Waals surface area contributed by atoms with E-state index in [9.17, 15) is 14.0 Å². The van der Waals surface area contributed by atoms with Crippen molar-refractivity contribution in [2.24, 2.45) is 5.92 Å². The average Bonchev–Trinajstić information content (AvgIpc) is 3.19. The maximum atomic E-state index is 13.4. The molecule has 0 spiro atoms. The van der Waals surface area contributed by atoms with E-state index >= 15 is 0 Å². The fourth-order valence-electron chi connectivity index (χ4n) is 3.72. The van der Waals surface area contributed by atoms with Gasteiger partial charge in [0, 0.05) is 31.1 Å². The van der Waals surface area contributed by atoms with Crippen molar-refractivity contribution in [3.05, 3.63) is 65.5 Å². The first-order valence-electron chi connectivity index (χ1n) is 10.00. The summed E-state index contributed by atoms with van der Waals surface area (Å²) in [6.45, 7) is 3.44. The average molecular weight is 398 g/mol. The van der Waals surface area contributed by atoms with Gasteiger partial charge in [-0.1, -0.05) is 25.5 Å². The van der Waals surface area contributed by atoms with E-state index in [0.29, 0.717) is 30.9 Å². The number of halogens is 1. The van der Waals surface area contributed by atoms with Crippen molar-refractivity contribution in [2.75, 3.05) is 26.7 Å². The molecule has 5 nitrogen and oxygen atoms in total. The third-order valence-electron chi connectivity index (χ3n) is 5.41. The van der Waals surface area contributed by atoms with Crippen LogP contribution in [0.3, 0.4) is 0 Å². The van der Waals surface area contributed by atoms with Crippen LogP contribution in [0.5, 0.6) is 5.75 Å². The van der Waals surface area contributed by atoms with Crippen LogP contribution in [0.25, 0.3) is 0 Å². The molecule has 1 aliphatic heterocycles. The molecule has 154 valence electrons. The highest BCUT2D eigenvalue weighted by Crippen LogP contribution is 2.34. The van der Waals surface area contributed by atoms with Crippen molar-refractivity contribution in [3.63, 3.8) is 0 Å². The van der Waals surface area contributed by atoms with Crippen LogP contribution in [0.1, 0.15) is 41.6 Å². The third kappa shape index (κ3) is 4.94. The van der Waals surface area contributed by atoms with Crippen LogP contribution in [0.2, 0.25) is 0 Å². The Hall–Kier alpha value is -2.89. The zero-order valence-corrected chi connectivity index (χ0v) is 16.9. The number of ether oxygens (including phenoxy) is 1. The molecule has 2 aromatic rings. The van der Waals surface area contributed by atoms with Gasteiger partial charge in [0.25, 0.3) is 5.91 Å². The second-order valence-corrected chi connectivity index (χ2v) is 7.35. The molecule has 6 heteroatoms. The summed E-state index contributed by atoms with van der Waals surface area (Å²) in [5.41, 5.74) is 1.42. The van der Waals surface area contributed by atoms with Gasteiger partial charge in [-0.25, -0.2) is 4.39 Å². The lowest BCUT2D eigenvalue weighted by molar-refractivity contribution is -0.124. The second-order valence-electron chi connectivity index (χ2n) is 7.35. The lowest BCUT2D eigenvalue weighted by atomic mass is 9.88. The standard InChI is InChI=1S/C23H27FN2O3/c1-3-4-13-25-22(27)21-15-26(14-20(21)16-5-9-18(24)10-6-16)23(28)17-7-11-19(29-2)12-8-17/h5-12,20-21H,3-4,13-15H2,1-2H3,(H,25,27)/t20-,21-/m1/s1. The van der Waals surface area contributed by atoms with E-state index in [1.165, 1.54) is 12.1 Å². The van der Waals surface area contributed by atoms with Gasteiger partial charge in [0.05, 0.1) is 13.0 Å². The Balaban J connectivity index is 1.80. The Kier molecular flexibility index (Phi) is 6.86. The number of carbonyl (C=O) groups is 2. The van der Waals surface area contributed by atoms with Gasteiger partial charge in [0.2, 0.25) is 5.91 Å². The molecule has 3 rings (SSSR count). The van der Waals surface area contributed by atoms with Gasteiger partial charge < -0.3 is 15.0 Å². The number of benzene rings is 2. The molecule has 0 radical (unpaired) electrons. The number of hydrogen-bond donors (Lipinski definition) is 1. The lowest BCUT2D eigenvalue weighted by Crippen LogP contribution is -2.36. The van der Waals surface area contributed by atoms with Gasteiger partial charge in [-0.15, -0.1) is 0 Å². The number of nitrogens with zero attached hydrogens (tertiary/aromatic N) is 1. The van der Waals surface area contributed by atoms with Gasteiger partial charge in [0.1, 0.15) is 11.6 Å². The van der Waals surface area contributed by atoms with E-state index < -0.39 is 0 Å². The number of methoxy groups -OCH3 is 1. The molecule has 2 amide bonds. The highest BCUT2D eigenvalue weighted by atomic mass is 19.1. The lowest BCUT2D eigenvalue weighted by Gasteiger charge is -2.18. The number of amides is 2. The minimum atomic E-state index is -0.362. The Labute approximate surface area is 170 Å². The molecule has 1 N–H and O–H groups in total. The van der Waals surface area contributed by atoms with E-state index in [1.807, 2.05) is 0 Å². The highest BCUT2D eigenvalue weighted by molar-refractivity contribution is 5.95. The minimum absolute atomic E-state index is 0.0576. The van der Waals surface area contributed by atoms with Crippen molar-refractivity contribution in [1.82, 2.24) is 10.2 Å². The minimum Gasteiger partial charge on any atom is -0.497 e. The highest BCUT2D eigenvalue weighted by Gasteiger charge is 2.40. The zero-order chi connectivity index (χ0) is 20.8. The zero-order valence-electron chi connectivity index (χ0n) is 16.9. The summed E-state index contributed by atoms with van der Waals surface area (Å²) in [4.78, 5) is 27.5. The summed E-state index contributed by atoms with van der Waals surface area (Å²) < 4.78 is 18.5. The fourth-order valence-corrected chi connectivity index (χ4v) is 3.72. The first-order valence-corrected chi connectivity index (χ1v) is 10.00. The molecule has 1 aliphatic rings. The van der Waals surface area contributed by atoms with Crippen LogP contribution < -0.4 is 10.1 Å². The van der Waals surface area contributed by atoms with Crippen LogP contribution in [-0.2, 0) is 4.79 Å². The molecule has 29 heavy (non-hydrogen) atoms. The van der Waals surface area contributed by atoms with Crippen LogP contribution in [0, 0.1) is 11.7 Å². The summed E-state index contributed by atoms with van der Waals surface area (Å²) in [5, 5.41) is 2.98. The van der Waals surface area contributed by atoms with Gasteiger partial charge in [0.15, 0.2) is 0 Å². The summed E-state index contributed by atoms with van der Waals surface area (Å²) >= 11 is 0. The van der Waals surface area contributed by atoms with Crippen molar-refractivity contribution < 1.29 is 18.7 Å².